The van der Waals surface area contributed by atoms with Crippen molar-refractivity contribution in [2.24, 2.45) is 0 Å². The lowest BCUT2D eigenvalue weighted by Crippen LogP contribution is -2.30. The van der Waals surface area contributed by atoms with Crippen molar-refractivity contribution in [1.82, 2.24) is 10.3 Å². The number of halogens is 2. The lowest BCUT2D eigenvalue weighted by atomic mass is 10.3. The summed E-state index contributed by atoms with van der Waals surface area (Å²) in [6.45, 7) is 0.296. The van der Waals surface area contributed by atoms with Crippen molar-refractivity contribution < 1.29 is 13.9 Å². The predicted molar refractivity (Wildman–Crippen MR) is 93.2 cm³/mol. The fraction of sp³-hybridized carbons (Fsp3) is 0.176. The third-order valence-electron chi connectivity index (χ3n) is 3.25. The van der Waals surface area contributed by atoms with Gasteiger partial charge in [-0.3, -0.25) is 4.79 Å². The highest BCUT2D eigenvalue weighted by atomic mass is 35.5. The van der Waals surface area contributed by atoms with Crippen LogP contribution < -0.4 is 10.1 Å². The van der Waals surface area contributed by atoms with E-state index in [4.69, 9.17) is 16.3 Å². The zero-order valence-corrected chi connectivity index (χ0v) is 14.2. The van der Waals surface area contributed by atoms with Gasteiger partial charge in [-0.2, -0.15) is 0 Å². The molecule has 1 heterocycles. The van der Waals surface area contributed by atoms with Crippen molar-refractivity contribution in [2.45, 2.75) is 6.42 Å². The van der Waals surface area contributed by atoms with Crippen LogP contribution in [0, 0.1) is 5.82 Å². The Labute approximate surface area is 147 Å². The van der Waals surface area contributed by atoms with Crippen molar-refractivity contribution in [3.05, 3.63) is 58.3 Å². The van der Waals surface area contributed by atoms with E-state index in [1.54, 1.807) is 11.3 Å². The van der Waals surface area contributed by atoms with Crippen LogP contribution in [0.15, 0.2) is 42.5 Å². The summed E-state index contributed by atoms with van der Waals surface area (Å²) in [5.41, 5.74) is 0.970. The molecule has 124 valence electrons. The Bertz CT molecular complexity index is 836. The van der Waals surface area contributed by atoms with Gasteiger partial charge in [-0.15, -0.1) is 11.3 Å². The van der Waals surface area contributed by atoms with Gasteiger partial charge in [0, 0.05) is 13.0 Å². The van der Waals surface area contributed by atoms with E-state index in [1.165, 1.54) is 12.1 Å². The number of para-hydroxylation sites is 1. The summed E-state index contributed by atoms with van der Waals surface area (Å²) in [6, 6.07) is 11.7. The van der Waals surface area contributed by atoms with Crippen molar-refractivity contribution in [3.63, 3.8) is 0 Å². The third kappa shape index (κ3) is 4.21. The molecule has 0 aliphatic heterocycles. The van der Waals surface area contributed by atoms with Crippen molar-refractivity contribution in [2.75, 3.05) is 13.2 Å². The minimum Gasteiger partial charge on any atom is -0.482 e. The number of nitrogens with one attached hydrogen (secondary N) is 1. The summed E-state index contributed by atoms with van der Waals surface area (Å²) in [5, 5.41) is 3.87. The Balaban J connectivity index is 1.45. The number of fused-ring (bicyclic) bond motifs is 1. The van der Waals surface area contributed by atoms with E-state index in [2.05, 4.69) is 10.3 Å². The van der Waals surface area contributed by atoms with Crippen LogP contribution in [-0.2, 0) is 11.2 Å². The molecule has 0 saturated heterocycles. The Hall–Kier alpha value is -2.18. The number of nitrogens with zero attached hydrogens (tertiary/aromatic N) is 1. The quantitative estimate of drug-likeness (QED) is 0.723. The van der Waals surface area contributed by atoms with Gasteiger partial charge in [0.1, 0.15) is 11.6 Å². The van der Waals surface area contributed by atoms with E-state index in [-0.39, 0.29) is 23.3 Å². The molecule has 0 aliphatic carbocycles. The summed E-state index contributed by atoms with van der Waals surface area (Å²) in [5.74, 6) is -0.441. The van der Waals surface area contributed by atoms with Gasteiger partial charge in [0.15, 0.2) is 6.61 Å². The normalized spacial score (nSPS) is 10.8. The van der Waals surface area contributed by atoms with Crippen LogP contribution in [0.1, 0.15) is 5.01 Å². The van der Waals surface area contributed by atoms with Crippen molar-refractivity contribution in [3.8, 4) is 5.75 Å². The number of carbonyl (C=O) groups is 1. The lowest BCUT2D eigenvalue weighted by molar-refractivity contribution is -0.123. The SMILES string of the molecule is O=C(COc1ccc(F)cc1Cl)NCCc1nc2ccccc2s1. The number of thiazole rings is 1. The molecule has 0 bridgehead atoms. The van der Waals surface area contributed by atoms with Crippen LogP contribution >= 0.6 is 22.9 Å². The average Bonchev–Trinajstić information content (AvgIpc) is 2.96. The lowest BCUT2D eigenvalue weighted by Gasteiger charge is -2.08. The fourth-order valence-corrected chi connectivity index (χ4v) is 3.31. The standard InChI is InChI=1S/C17H14ClFN2O2S/c18-12-9-11(19)5-6-14(12)23-10-16(22)20-8-7-17-21-13-3-1-2-4-15(13)24-17/h1-6,9H,7-8,10H2,(H,20,22). The summed E-state index contributed by atoms with van der Waals surface area (Å²) in [7, 11) is 0. The number of hydrogen-bond donors (Lipinski definition) is 1. The van der Waals surface area contributed by atoms with Crippen LogP contribution in [0.25, 0.3) is 10.2 Å². The van der Waals surface area contributed by atoms with Crippen LogP contribution in [0.2, 0.25) is 5.02 Å². The van der Waals surface area contributed by atoms with Gasteiger partial charge in [-0.05, 0) is 30.3 Å². The summed E-state index contributed by atoms with van der Waals surface area (Å²) < 4.78 is 19.3. The first kappa shape index (κ1) is 16.7. The highest BCUT2D eigenvalue weighted by molar-refractivity contribution is 7.18. The van der Waals surface area contributed by atoms with Crippen molar-refractivity contribution in [1.29, 1.82) is 0 Å². The highest BCUT2D eigenvalue weighted by Crippen LogP contribution is 2.24. The second kappa shape index (κ2) is 7.59. The van der Waals surface area contributed by atoms with Gasteiger partial charge >= 0.3 is 0 Å². The fourth-order valence-electron chi connectivity index (χ4n) is 2.12. The van der Waals surface area contributed by atoms with E-state index in [0.29, 0.717) is 13.0 Å². The molecule has 2 aromatic carbocycles. The number of aromatic nitrogens is 1. The number of ether oxygens (including phenoxy) is 1. The molecule has 0 atom stereocenters. The summed E-state index contributed by atoms with van der Waals surface area (Å²) in [4.78, 5) is 16.3. The predicted octanol–water partition coefficient (Wildman–Crippen LogP) is 3.83. The molecule has 3 aromatic rings. The van der Waals surface area contributed by atoms with E-state index in [1.807, 2.05) is 24.3 Å². The minimum absolute atomic E-state index is 0.136. The molecule has 0 fully saturated rings. The summed E-state index contributed by atoms with van der Waals surface area (Å²) in [6.07, 6.45) is 0.655. The first-order valence-electron chi connectivity index (χ1n) is 7.31. The van der Waals surface area contributed by atoms with Gasteiger partial charge < -0.3 is 10.1 Å². The molecule has 0 spiro atoms. The number of rotatable bonds is 6. The molecule has 4 nitrogen and oxygen atoms in total. The molecule has 0 saturated carbocycles. The molecule has 1 amide bonds. The van der Waals surface area contributed by atoms with Crippen LogP contribution in [0.5, 0.6) is 5.75 Å². The van der Waals surface area contributed by atoms with Gasteiger partial charge in [-0.25, -0.2) is 9.37 Å². The molecular formula is C17H14ClFN2O2S. The second-order valence-corrected chi connectivity index (χ2v) is 6.56. The Morgan fingerprint density at radius 2 is 2.12 bits per heavy atom. The first-order valence-corrected chi connectivity index (χ1v) is 8.50. The van der Waals surface area contributed by atoms with Gasteiger partial charge in [0.05, 0.1) is 20.2 Å². The zero-order valence-electron chi connectivity index (χ0n) is 12.6. The molecule has 0 radical (unpaired) electrons. The molecule has 1 aromatic heterocycles. The largest absolute Gasteiger partial charge is 0.482 e. The molecular weight excluding hydrogens is 351 g/mol. The van der Waals surface area contributed by atoms with E-state index in [0.717, 1.165) is 21.3 Å². The van der Waals surface area contributed by atoms with E-state index < -0.39 is 5.82 Å². The smallest absolute Gasteiger partial charge is 0.257 e. The maximum Gasteiger partial charge on any atom is 0.257 e. The van der Waals surface area contributed by atoms with Crippen LogP contribution in [-0.4, -0.2) is 24.0 Å². The highest BCUT2D eigenvalue weighted by Gasteiger charge is 2.08. The minimum atomic E-state index is -0.451. The molecule has 24 heavy (non-hydrogen) atoms. The van der Waals surface area contributed by atoms with Gasteiger partial charge in [0.25, 0.3) is 5.91 Å². The van der Waals surface area contributed by atoms with Gasteiger partial charge in [0.2, 0.25) is 0 Å². The topological polar surface area (TPSA) is 51.2 Å². The Kier molecular flexibility index (Phi) is 5.27. The van der Waals surface area contributed by atoms with Crippen LogP contribution in [0.3, 0.4) is 0 Å². The molecule has 0 aliphatic rings. The number of hydrogen-bond acceptors (Lipinski definition) is 4. The van der Waals surface area contributed by atoms with E-state index in [9.17, 15) is 9.18 Å². The average molecular weight is 365 g/mol. The maximum absolute atomic E-state index is 12.9. The van der Waals surface area contributed by atoms with E-state index >= 15 is 0 Å². The molecule has 3 rings (SSSR count). The number of benzene rings is 2. The van der Waals surface area contributed by atoms with Gasteiger partial charge in [-0.1, -0.05) is 23.7 Å². The molecule has 1 N–H and O–H groups in total. The van der Waals surface area contributed by atoms with Crippen LogP contribution in [0.4, 0.5) is 4.39 Å². The molecule has 7 heteroatoms. The van der Waals surface area contributed by atoms with Crippen molar-refractivity contribution >= 4 is 39.1 Å². The number of amides is 1. The summed E-state index contributed by atoms with van der Waals surface area (Å²) >= 11 is 7.45. The third-order valence-corrected chi connectivity index (χ3v) is 4.64. The second-order valence-electron chi connectivity index (χ2n) is 5.04. The Morgan fingerprint density at radius 3 is 2.92 bits per heavy atom. The zero-order chi connectivity index (χ0) is 16.9. The molecule has 0 unspecified atom stereocenters. The Morgan fingerprint density at radius 1 is 1.29 bits per heavy atom. The number of carbonyl (C=O) groups excluding carboxylic acids is 1. The maximum atomic E-state index is 12.9. The monoisotopic (exact) mass is 364 g/mol. The first-order chi connectivity index (χ1) is 11.6.